The number of ether oxygens (including phenoxy) is 1. The smallest absolute Gasteiger partial charge is 0.265 e. The molecule has 3 nitrogen and oxygen atoms in total. The molecule has 112 valence electrons. The van der Waals surface area contributed by atoms with Gasteiger partial charge in [-0.3, -0.25) is 4.79 Å². The standard InChI is InChI=1S/C16H18ClNO2S/c1-4-5-11-8-15(21-10(11)2)16(19)18-12-6-7-14(20-3)13(17)9-12/h6-9H,4-5H2,1-3H3,(H,18,19). The van der Waals surface area contributed by atoms with Crippen molar-refractivity contribution in [2.45, 2.75) is 26.7 Å². The van der Waals surface area contributed by atoms with Crippen LogP contribution in [0.4, 0.5) is 5.69 Å². The van der Waals surface area contributed by atoms with E-state index >= 15 is 0 Å². The van der Waals surface area contributed by atoms with Gasteiger partial charge in [-0.15, -0.1) is 11.3 Å². The van der Waals surface area contributed by atoms with Crippen molar-refractivity contribution >= 4 is 34.5 Å². The van der Waals surface area contributed by atoms with Crippen molar-refractivity contribution in [2.75, 3.05) is 12.4 Å². The molecule has 0 atom stereocenters. The van der Waals surface area contributed by atoms with Gasteiger partial charge in [-0.2, -0.15) is 0 Å². The number of hydrogen-bond donors (Lipinski definition) is 1. The van der Waals surface area contributed by atoms with E-state index in [2.05, 4.69) is 19.2 Å². The van der Waals surface area contributed by atoms with E-state index in [1.165, 1.54) is 21.8 Å². The van der Waals surface area contributed by atoms with Crippen molar-refractivity contribution in [2.24, 2.45) is 0 Å². The van der Waals surface area contributed by atoms with Crippen molar-refractivity contribution in [3.63, 3.8) is 0 Å². The Bertz CT molecular complexity index is 652. The lowest BCUT2D eigenvalue weighted by Gasteiger charge is -2.07. The second-order valence-corrected chi connectivity index (χ2v) is 6.41. The zero-order valence-corrected chi connectivity index (χ0v) is 13.9. The second-order valence-electron chi connectivity index (χ2n) is 4.75. The van der Waals surface area contributed by atoms with E-state index in [-0.39, 0.29) is 5.91 Å². The first-order valence-electron chi connectivity index (χ1n) is 6.79. The molecule has 0 aliphatic carbocycles. The maximum atomic E-state index is 12.3. The molecule has 1 aromatic carbocycles. The zero-order chi connectivity index (χ0) is 15.4. The highest BCUT2D eigenvalue weighted by Crippen LogP contribution is 2.28. The van der Waals surface area contributed by atoms with Crippen LogP contribution in [0.2, 0.25) is 5.02 Å². The number of methoxy groups -OCH3 is 1. The number of anilines is 1. The van der Waals surface area contributed by atoms with Crippen LogP contribution < -0.4 is 10.1 Å². The molecule has 2 aromatic rings. The molecule has 0 spiro atoms. The highest BCUT2D eigenvalue weighted by Gasteiger charge is 2.13. The van der Waals surface area contributed by atoms with Crippen molar-refractivity contribution in [1.82, 2.24) is 0 Å². The maximum absolute atomic E-state index is 12.3. The summed E-state index contributed by atoms with van der Waals surface area (Å²) in [5.41, 5.74) is 1.91. The van der Waals surface area contributed by atoms with Gasteiger partial charge in [0.05, 0.1) is 17.0 Å². The zero-order valence-electron chi connectivity index (χ0n) is 12.3. The number of rotatable bonds is 5. The summed E-state index contributed by atoms with van der Waals surface area (Å²) in [4.78, 5) is 14.2. The third kappa shape index (κ3) is 3.77. The lowest BCUT2D eigenvalue weighted by atomic mass is 10.1. The number of amides is 1. The SMILES string of the molecule is CCCc1cc(C(=O)Nc2ccc(OC)c(Cl)c2)sc1C. The van der Waals surface area contributed by atoms with Gasteiger partial charge in [0, 0.05) is 10.6 Å². The van der Waals surface area contributed by atoms with Crippen molar-refractivity contribution in [3.05, 3.63) is 44.6 Å². The van der Waals surface area contributed by atoms with Gasteiger partial charge in [0.25, 0.3) is 5.91 Å². The molecule has 0 unspecified atom stereocenters. The molecule has 0 aliphatic heterocycles. The molecule has 0 fully saturated rings. The largest absolute Gasteiger partial charge is 0.495 e. The molecule has 0 saturated heterocycles. The average molecular weight is 324 g/mol. The number of aryl methyl sites for hydroxylation is 2. The summed E-state index contributed by atoms with van der Waals surface area (Å²) in [7, 11) is 1.56. The minimum atomic E-state index is -0.105. The molecule has 0 aliphatic rings. The molecule has 1 N–H and O–H groups in total. The van der Waals surface area contributed by atoms with Crippen LogP contribution in [0.5, 0.6) is 5.75 Å². The normalized spacial score (nSPS) is 10.5. The number of nitrogens with one attached hydrogen (secondary N) is 1. The third-order valence-electron chi connectivity index (χ3n) is 3.17. The minimum absolute atomic E-state index is 0.105. The van der Waals surface area contributed by atoms with Gasteiger partial charge in [0.2, 0.25) is 0 Å². The fourth-order valence-electron chi connectivity index (χ4n) is 2.09. The van der Waals surface area contributed by atoms with Gasteiger partial charge in [-0.1, -0.05) is 24.9 Å². The number of halogens is 1. The topological polar surface area (TPSA) is 38.3 Å². The van der Waals surface area contributed by atoms with Crippen LogP contribution in [0.25, 0.3) is 0 Å². The first-order valence-corrected chi connectivity index (χ1v) is 7.98. The summed E-state index contributed by atoms with van der Waals surface area (Å²) in [6, 6.07) is 7.17. The molecule has 5 heteroatoms. The Morgan fingerprint density at radius 2 is 2.14 bits per heavy atom. The highest BCUT2D eigenvalue weighted by atomic mass is 35.5. The number of hydrogen-bond acceptors (Lipinski definition) is 3. The van der Waals surface area contributed by atoms with Gasteiger partial charge in [-0.05, 0) is 43.2 Å². The molecular weight excluding hydrogens is 306 g/mol. The fourth-order valence-corrected chi connectivity index (χ4v) is 3.31. The van der Waals surface area contributed by atoms with Crippen LogP contribution in [-0.2, 0) is 6.42 Å². The van der Waals surface area contributed by atoms with Gasteiger partial charge in [0.15, 0.2) is 0 Å². The van der Waals surface area contributed by atoms with Crippen LogP contribution in [0.3, 0.4) is 0 Å². The van der Waals surface area contributed by atoms with Gasteiger partial charge >= 0.3 is 0 Å². The Balaban J connectivity index is 2.14. The Hall–Kier alpha value is -1.52. The van der Waals surface area contributed by atoms with Crippen LogP contribution >= 0.6 is 22.9 Å². The Morgan fingerprint density at radius 1 is 1.38 bits per heavy atom. The summed E-state index contributed by atoms with van der Waals surface area (Å²) in [6.45, 7) is 4.19. The number of benzene rings is 1. The molecule has 0 bridgehead atoms. The highest BCUT2D eigenvalue weighted by molar-refractivity contribution is 7.14. The van der Waals surface area contributed by atoms with Crippen LogP contribution in [-0.4, -0.2) is 13.0 Å². The number of carbonyl (C=O) groups excluding carboxylic acids is 1. The summed E-state index contributed by atoms with van der Waals surface area (Å²) >= 11 is 7.58. The number of thiophene rings is 1. The minimum Gasteiger partial charge on any atom is -0.495 e. The predicted octanol–water partition coefficient (Wildman–Crippen LogP) is 4.92. The van der Waals surface area contributed by atoms with E-state index in [1.807, 2.05) is 6.07 Å². The van der Waals surface area contributed by atoms with E-state index < -0.39 is 0 Å². The van der Waals surface area contributed by atoms with Gasteiger partial charge in [0.1, 0.15) is 5.75 Å². The molecule has 0 saturated carbocycles. The van der Waals surface area contributed by atoms with Gasteiger partial charge < -0.3 is 10.1 Å². The summed E-state index contributed by atoms with van der Waals surface area (Å²) in [5.74, 6) is 0.485. The monoisotopic (exact) mass is 323 g/mol. The molecule has 1 amide bonds. The van der Waals surface area contributed by atoms with Crippen molar-refractivity contribution < 1.29 is 9.53 Å². The predicted molar refractivity (Wildman–Crippen MR) is 89.0 cm³/mol. The number of carbonyl (C=O) groups is 1. The van der Waals surface area contributed by atoms with E-state index in [0.29, 0.717) is 16.5 Å². The van der Waals surface area contributed by atoms with E-state index in [4.69, 9.17) is 16.3 Å². The second kappa shape index (κ2) is 6.96. The lowest BCUT2D eigenvalue weighted by Crippen LogP contribution is -2.10. The lowest BCUT2D eigenvalue weighted by molar-refractivity contribution is 0.103. The van der Waals surface area contributed by atoms with Gasteiger partial charge in [-0.25, -0.2) is 0 Å². The Morgan fingerprint density at radius 3 is 2.76 bits per heavy atom. The Kier molecular flexibility index (Phi) is 5.26. The van der Waals surface area contributed by atoms with Crippen molar-refractivity contribution in [1.29, 1.82) is 0 Å². The average Bonchev–Trinajstić information content (AvgIpc) is 2.81. The maximum Gasteiger partial charge on any atom is 0.265 e. The Labute approximate surface area is 133 Å². The summed E-state index contributed by atoms with van der Waals surface area (Å²) in [5, 5.41) is 3.34. The first-order chi connectivity index (χ1) is 10.0. The molecule has 2 rings (SSSR count). The fraction of sp³-hybridized carbons (Fsp3) is 0.312. The molecule has 21 heavy (non-hydrogen) atoms. The summed E-state index contributed by atoms with van der Waals surface area (Å²) < 4.78 is 5.09. The van der Waals surface area contributed by atoms with Crippen molar-refractivity contribution in [3.8, 4) is 5.75 Å². The first kappa shape index (κ1) is 15.9. The van der Waals surface area contributed by atoms with Crippen LogP contribution in [0.1, 0.15) is 33.5 Å². The summed E-state index contributed by atoms with van der Waals surface area (Å²) in [6.07, 6.45) is 2.08. The molecule has 1 aromatic heterocycles. The van der Waals surface area contributed by atoms with E-state index in [0.717, 1.165) is 17.7 Å². The molecule has 0 radical (unpaired) electrons. The molecular formula is C16H18ClNO2S. The van der Waals surface area contributed by atoms with E-state index in [1.54, 1.807) is 25.3 Å². The quantitative estimate of drug-likeness (QED) is 0.847. The molecule has 1 heterocycles. The van der Waals surface area contributed by atoms with E-state index in [9.17, 15) is 4.79 Å². The third-order valence-corrected chi connectivity index (χ3v) is 4.56. The van der Waals surface area contributed by atoms with Crippen LogP contribution in [0.15, 0.2) is 24.3 Å². The van der Waals surface area contributed by atoms with Crippen LogP contribution in [0, 0.1) is 6.92 Å².